The van der Waals surface area contributed by atoms with E-state index in [4.69, 9.17) is 5.26 Å². The Morgan fingerprint density at radius 2 is 2.41 bits per heavy atom. The van der Waals surface area contributed by atoms with Gasteiger partial charge < -0.3 is 10.6 Å². The molecule has 1 aromatic heterocycles. The fraction of sp³-hybridized carbons (Fsp3) is 0.545. The fourth-order valence-electron chi connectivity index (χ4n) is 1.34. The highest BCUT2D eigenvalue weighted by Crippen LogP contribution is 1.93. The number of rotatable bonds is 7. The maximum Gasteiger partial charge on any atom is 0.233 e. The summed E-state index contributed by atoms with van der Waals surface area (Å²) in [5.41, 5.74) is 1.00. The molecule has 6 heteroatoms. The minimum absolute atomic E-state index is 0.0822. The van der Waals surface area contributed by atoms with Crippen molar-refractivity contribution in [2.24, 2.45) is 7.05 Å². The molecule has 92 valence electrons. The molecule has 1 rings (SSSR count). The summed E-state index contributed by atoms with van der Waals surface area (Å²) in [6, 6.07) is 3.92. The molecule has 0 saturated heterocycles. The van der Waals surface area contributed by atoms with Crippen molar-refractivity contribution in [3.8, 4) is 6.07 Å². The lowest BCUT2D eigenvalue weighted by atomic mass is 10.3. The van der Waals surface area contributed by atoms with Crippen LogP contribution in [0.5, 0.6) is 0 Å². The monoisotopic (exact) mass is 235 g/mol. The molecule has 17 heavy (non-hydrogen) atoms. The minimum Gasteiger partial charge on any atom is -0.354 e. The van der Waals surface area contributed by atoms with Gasteiger partial charge >= 0.3 is 0 Å². The smallest absolute Gasteiger partial charge is 0.233 e. The van der Waals surface area contributed by atoms with Gasteiger partial charge in [-0.25, -0.2) is 0 Å². The zero-order valence-corrected chi connectivity index (χ0v) is 9.94. The first-order chi connectivity index (χ1) is 8.22. The van der Waals surface area contributed by atoms with Crippen LogP contribution in [-0.4, -0.2) is 35.3 Å². The largest absolute Gasteiger partial charge is 0.354 e. The molecule has 0 fully saturated rings. The van der Waals surface area contributed by atoms with E-state index in [0.717, 1.165) is 12.1 Å². The summed E-state index contributed by atoms with van der Waals surface area (Å²) in [7, 11) is 1.87. The quantitative estimate of drug-likeness (QED) is 0.629. The summed E-state index contributed by atoms with van der Waals surface area (Å²) in [6.45, 7) is 1.40. The lowest BCUT2D eigenvalue weighted by Crippen LogP contribution is -2.35. The van der Waals surface area contributed by atoms with Crippen molar-refractivity contribution in [2.75, 3.05) is 19.6 Å². The molecular weight excluding hydrogens is 218 g/mol. The van der Waals surface area contributed by atoms with Gasteiger partial charge in [-0.15, -0.1) is 0 Å². The number of carbonyl (C=O) groups excluding carboxylic acids is 1. The average molecular weight is 235 g/mol. The Morgan fingerprint density at radius 1 is 1.59 bits per heavy atom. The summed E-state index contributed by atoms with van der Waals surface area (Å²) in [5.74, 6) is -0.0822. The number of amides is 1. The van der Waals surface area contributed by atoms with E-state index < -0.39 is 0 Å². The van der Waals surface area contributed by atoms with Crippen molar-refractivity contribution in [3.63, 3.8) is 0 Å². The van der Waals surface area contributed by atoms with Crippen LogP contribution in [0.25, 0.3) is 0 Å². The second-order valence-corrected chi connectivity index (χ2v) is 3.67. The van der Waals surface area contributed by atoms with Crippen molar-refractivity contribution < 1.29 is 4.79 Å². The van der Waals surface area contributed by atoms with Gasteiger partial charge in [-0.2, -0.15) is 10.4 Å². The first-order valence-corrected chi connectivity index (χ1v) is 5.55. The van der Waals surface area contributed by atoms with Crippen molar-refractivity contribution in [1.82, 2.24) is 20.4 Å². The summed E-state index contributed by atoms with van der Waals surface area (Å²) < 4.78 is 1.75. The fourth-order valence-corrected chi connectivity index (χ4v) is 1.34. The second-order valence-electron chi connectivity index (χ2n) is 3.67. The van der Waals surface area contributed by atoms with Gasteiger partial charge in [0.1, 0.15) is 0 Å². The standard InChI is InChI=1S/C11H17N5O/c1-16-8-4-10(15-16)3-7-13-9-11(17)14-6-2-5-12/h4,8,13H,2-3,6-7,9H2,1H3,(H,14,17). The van der Waals surface area contributed by atoms with Crippen LogP contribution in [0.2, 0.25) is 0 Å². The van der Waals surface area contributed by atoms with E-state index in [0.29, 0.717) is 19.5 Å². The molecule has 0 aliphatic carbocycles. The molecule has 0 aliphatic heterocycles. The second kappa shape index (κ2) is 7.41. The Hall–Kier alpha value is -1.87. The van der Waals surface area contributed by atoms with Gasteiger partial charge in [0, 0.05) is 32.8 Å². The van der Waals surface area contributed by atoms with E-state index in [1.165, 1.54) is 0 Å². The molecule has 2 N–H and O–H groups in total. The highest BCUT2D eigenvalue weighted by molar-refractivity contribution is 5.77. The van der Waals surface area contributed by atoms with Crippen LogP contribution in [0.15, 0.2) is 12.3 Å². The third-order valence-corrected chi connectivity index (χ3v) is 2.17. The van der Waals surface area contributed by atoms with Crippen LogP contribution < -0.4 is 10.6 Å². The summed E-state index contributed by atoms with van der Waals surface area (Å²) in [4.78, 5) is 11.2. The first-order valence-electron chi connectivity index (χ1n) is 5.55. The van der Waals surface area contributed by atoms with Gasteiger partial charge in [0.25, 0.3) is 0 Å². The molecule has 1 aromatic rings. The topological polar surface area (TPSA) is 82.7 Å². The summed E-state index contributed by atoms with van der Waals surface area (Å²) in [5, 5.41) is 18.2. The SMILES string of the molecule is Cn1ccc(CCNCC(=O)NCCC#N)n1. The molecule has 1 heterocycles. The van der Waals surface area contributed by atoms with Crippen molar-refractivity contribution >= 4 is 5.91 Å². The average Bonchev–Trinajstić information content (AvgIpc) is 2.71. The predicted octanol–water partition coefficient (Wildman–Crippen LogP) is -0.418. The van der Waals surface area contributed by atoms with E-state index in [1.54, 1.807) is 4.68 Å². The van der Waals surface area contributed by atoms with Gasteiger partial charge in [0.2, 0.25) is 5.91 Å². The van der Waals surface area contributed by atoms with Gasteiger partial charge in [-0.3, -0.25) is 9.48 Å². The zero-order chi connectivity index (χ0) is 12.5. The molecular formula is C11H17N5O. The van der Waals surface area contributed by atoms with E-state index in [-0.39, 0.29) is 12.5 Å². The molecule has 0 aromatic carbocycles. The highest BCUT2D eigenvalue weighted by Gasteiger charge is 2.00. The third kappa shape index (κ3) is 5.68. The van der Waals surface area contributed by atoms with Crippen LogP contribution in [0.4, 0.5) is 0 Å². The Labute approximate surface area is 101 Å². The van der Waals surface area contributed by atoms with Crippen molar-refractivity contribution in [2.45, 2.75) is 12.8 Å². The van der Waals surface area contributed by atoms with Crippen molar-refractivity contribution in [3.05, 3.63) is 18.0 Å². The number of hydrogen-bond acceptors (Lipinski definition) is 4. The van der Waals surface area contributed by atoms with E-state index in [2.05, 4.69) is 15.7 Å². The number of aromatic nitrogens is 2. The van der Waals surface area contributed by atoms with E-state index >= 15 is 0 Å². The predicted molar refractivity (Wildman–Crippen MR) is 63.0 cm³/mol. The van der Waals surface area contributed by atoms with E-state index in [9.17, 15) is 4.79 Å². The maximum atomic E-state index is 11.2. The minimum atomic E-state index is -0.0822. The highest BCUT2D eigenvalue weighted by atomic mass is 16.1. The molecule has 0 saturated carbocycles. The zero-order valence-electron chi connectivity index (χ0n) is 9.94. The van der Waals surface area contributed by atoms with Crippen LogP contribution in [-0.2, 0) is 18.3 Å². The van der Waals surface area contributed by atoms with Crippen LogP contribution >= 0.6 is 0 Å². The first kappa shape index (κ1) is 13.2. The number of hydrogen-bond donors (Lipinski definition) is 2. The lowest BCUT2D eigenvalue weighted by molar-refractivity contribution is -0.120. The van der Waals surface area contributed by atoms with Crippen molar-refractivity contribution in [1.29, 1.82) is 5.26 Å². The lowest BCUT2D eigenvalue weighted by Gasteiger charge is -2.04. The summed E-state index contributed by atoms with van der Waals surface area (Å²) >= 11 is 0. The van der Waals surface area contributed by atoms with Gasteiger partial charge in [0.15, 0.2) is 0 Å². The molecule has 0 spiro atoms. The molecule has 6 nitrogen and oxygen atoms in total. The van der Waals surface area contributed by atoms with Gasteiger partial charge in [-0.1, -0.05) is 0 Å². The van der Waals surface area contributed by atoms with Gasteiger partial charge in [0.05, 0.1) is 24.7 Å². The third-order valence-electron chi connectivity index (χ3n) is 2.17. The number of nitrogens with zero attached hydrogens (tertiary/aromatic N) is 3. The van der Waals surface area contributed by atoms with Crippen LogP contribution in [0.1, 0.15) is 12.1 Å². The Bertz CT molecular complexity index is 393. The van der Waals surface area contributed by atoms with Crippen LogP contribution in [0, 0.1) is 11.3 Å². The number of carbonyl (C=O) groups is 1. The molecule has 0 aliphatic rings. The molecule has 0 unspecified atom stereocenters. The number of aryl methyl sites for hydroxylation is 1. The molecule has 0 radical (unpaired) electrons. The Kier molecular flexibility index (Phi) is 5.75. The number of nitrogens with one attached hydrogen (secondary N) is 2. The molecule has 0 bridgehead atoms. The normalized spacial score (nSPS) is 9.88. The molecule has 0 atom stereocenters. The van der Waals surface area contributed by atoms with E-state index in [1.807, 2.05) is 25.4 Å². The number of nitriles is 1. The van der Waals surface area contributed by atoms with Gasteiger partial charge in [-0.05, 0) is 6.07 Å². The summed E-state index contributed by atoms with van der Waals surface area (Å²) in [6.07, 6.45) is 3.04. The molecule has 1 amide bonds. The van der Waals surface area contributed by atoms with Crippen LogP contribution in [0.3, 0.4) is 0 Å². The Balaban J connectivity index is 2.04. The Morgan fingerprint density at radius 3 is 3.06 bits per heavy atom. The maximum absolute atomic E-state index is 11.2.